The molecule has 0 radical (unpaired) electrons. The number of carboxylic acids is 1. The summed E-state index contributed by atoms with van der Waals surface area (Å²) in [6.07, 6.45) is 0.531. The summed E-state index contributed by atoms with van der Waals surface area (Å²) in [5.41, 5.74) is 2.01. The van der Waals surface area contributed by atoms with Gasteiger partial charge in [-0.2, -0.15) is 0 Å². The predicted octanol–water partition coefficient (Wildman–Crippen LogP) is 2.87. The SMILES string of the molecule is Cc1ccc(C(=O)NCc2ccc(OCCCC(=O)O)cc2)c(O)c1. The van der Waals surface area contributed by atoms with E-state index in [1.807, 2.05) is 19.1 Å². The Bertz CT molecular complexity index is 740. The Kier molecular flexibility index (Phi) is 6.39. The Labute approximate surface area is 146 Å². The molecule has 0 spiro atoms. The fourth-order valence-corrected chi connectivity index (χ4v) is 2.23. The number of aryl methyl sites for hydroxylation is 1. The summed E-state index contributed by atoms with van der Waals surface area (Å²) in [7, 11) is 0. The van der Waals surface area contributed by atoms with Crippen molar-refractivity contribution < 1.29 is 24.5 Å². The fraction of sp³-hybridized carbons (Fsp3) is 0.263. The van der Waals surface area contributed by atoms with Crippen molar-refractivity contribution in [1.29, 1.82) is 0 Å². The first kappa shape index (κ1) is 18.3. The standard InChI is InChI=1S/C19H21NO5/c1-13-4-9-16(17(21)11-13)19(24)20-12-14-5-7-15(8-6-14)25-10-2-3-18(22)23/h4-9,11,21H,2-3,10,12H2,1H3,(H,20,24)(H,22,23). The summed E-state index contributed by atoms with van der Waals surface area (Å²) in [5.74, 6) is -0.569. The van der Waals surface area contributed by atoms with E-state index >= 15 is 0 Å². The molecule has 25 heavy (non-hydrogen) atoms. The van der Waals surface area contributed by atoms with E-state index in [4.69, 9.17) is 9.84 Å². The number of phenols is 1. The molecule has 0 atom stereocenters. The van der Waals surface area contributed by atoms with Gasteiger partial charge in [-0.3, -0.25) is 9.59 Å². The Hall–Kier alpha value is -3.02. The van der Waals surface area contributed by atoms with Crippen molar-refractivity contribution in [3.05, 3.63) is 59.2 Å². The molecule has 0 heterocycles. The zero-order valence-corrected chi connectivity index (χ0v) is 14.0. The van der Waals surface area contributed by atoms with Gasteiger partial charge in [0.25, 0.3) is 5.91 Å². The molecule has 2 rings (SSSR count). The molecule has 6 nitrogen and oxygen atoms in total. The van der Waals surface area contributed by atoms with Crippen molar-refractivity contribution in [3.63, 3.8) is 0 Å². The van der Waals surface area contributed by atoms with E-state index < -0.39 is 5.97 Å². The Morgan fingerprint density at radius 3 is 2.48 bits per heavy atom. The minimum absolute atomic E-state index is 0.0393. The number of aliphatic carboxylic acids is 1. The molecule has 6 heteroatoms. The van der Waals surface area contributed by atoms with Gasteiger partial charge in [-0.05, 0) is 48.7 Å². The van der Waals surface area contributed by atoms with Crippen LogP contribution in [0.5, 0.6) is 11.5 Å². The number of ether oxygens (including phenoxy) is 1. The molecule has 2 aromatic carbocycles. The second kappa shape index (κ2) is 8.73. The van der Waals surface area contributed by atoms with E-state index in [1.165, 1.54) is 0 Å². The molecule has 0 bridgehead atoms. The van der Waals surface area contributed by atoms with Gasteiger partial charge in [0.1, 0.15) is 11.5 Å². The van der Waals surface area contributed by atoms with Gasteiger partial charge in [0, 0.05) is 13.0 Å². The fourth-order valence-electron chi connectivity index (χ4n) is 2.23. The summed E-state index contributed by atoms with van der Waals surface area (Å²) >= 11 is 0. The lowest BCUT2D eigenvalue weighted by Crippen LogP contribution is -2.22. The van der Waals surface area contributed by atoms with Gasteiger partial charge in [0.15, 0.2) is 0 Å². The van der Waals surface area contributed by atoms with Crippen LogP contribution in [0.15, 0.2) is 42.5 Å². The van der Waals surface area contributed by atoms with Crippen molar-refractivity contribution in [2.75, 3.05) is 6.61 Å². The van der Waals surface area contributed by atoms with Crippen LogP contribution >= 0.6 is 0 Å². The molecule has 2 aromatic rings. The highest BCUT2D eigenvalue weighted by molar-refractivity contribution is 5.96. The van der Waals surface area contributed by atoms with Gasteiger partial charge in [-0.15, -0.1) is 0 Å². The zero-order valence-electron chi connectivity index (χ0n) is 14.0. The van der Waals surface area contributed by atoms with Gasteiger partial charge in [0.2, 0.25) is 0 Å². The first-order valence-electron chi connectivity index (χ1n) is 7.97. The average molecular weight is 343 g/mol. The van der Waals surface area contributed by atoms with Gasteiger partial charge >= 0.3 is 5.97 Å². The minimum atomic E-state index is -0.839. The highest BCUT2D eigenvalue weighted by Crippen LogP contribution is 2.18. The number of phenolic OH excluding ortho intramolecular Hbond substituents is 1. The Morgan fingerprint density at radius 2 is 1.84 bits per heavy atom. The highest BCUT2D eigenvalue weighted by Gasteiger charge is 2.10. The number of amides is 1. The Balaban J connectivity index is 1.82. The van der Waals surface area contributed by atoms with Crippen LogP contribution in [0.25, 0.3) is 0 Å². The lowest BCUT2D eigenvalue weighted by atomic mass is 10.1. The number of hydrogen-bond acceptors (Lipinski definition) is 4. The summed E-state index contributed by atoms with van der Waals surface area (Å²) in [4.78, 5) is 22.5. The van der Waals surface area contributed by atoms with Gasteiger partial charge in [0.05, 0.1) is 12.2 Å². The van der Waals surface area contributed by atoms with Crippen molar-refractivity contribution in [2.45, 2.75) is 26.3 Å². The maximum Gasteiger partial charge on any atom is 0.303 e. The molecule has 0 aliphatic rings. The van der Waals surface area contributed by atoms with Crippen molar-refractivity contribution >= 4 is 11.9 Å². The number of nitrogens with one attached hydrogen (secondary N) is 1. The largest absolute Gasteiger partial charge is 0.507 e. The number of carbonyl (C=O) groups is 2. The van der Waals surface area contributed by atoms with Crippen LogP contribution in [0.3, 0.4) is 0 Å². The quantitative estimate of drug-likeness (QED) is 0.641. The molecule has 132 valence electrons. The average Bonchev–Trinajstić information content (AvgIpc) is 2.57. The molecule has 0 aliphatic carbocycles. The monoisotopic (exact) mass is 343 g/mol. The third kappa shape index (κ3) is 5.84. The molecular weight excluding hydrogens is 322 g/mol. The summed E-state index contributed by atoms with van der Waals surface area (Å²) < 4.78 is 5.45. The smallest absolute Gasteiger partial charge is 0.303 e. The molecule has 0 saturated carbocycles. The third-order valence-corrected chi connectivity index (χ3v) is 3.58. The first-order valence-corrected chi connectivity index (χ1v) is 7.97. The molecule has 3 N–H and O–H groups in total. The number of rotatable bonds is 8. The molecule has 0 saturated heterocycles. The minimum Gasteiger partial charge on any atom is -0.507 e. The topological polar surface area (TPSA) is 95.9 Å². The van der Waals surface area contributed by atoms with Crippen molar-refractivity contribution in [2.24, 2.45) is 0 Å². The number of carboxylic acid groups (broad SMARTS) is 1. The van der Waals surface area contributed by atoms with Crippen molar-refractivity contribution in [1.82, 2.24) is 5.32 Å². The van der Waals surface area contributed by atoms with Crippen LogP contribution in [0.4, 0.5) is 0 Å². The van der Waals surface area contributed by atoms with Crippen LogP contribution < -0.4 is 10.1 Å². The first-order chi connectivity index (χ1) is 12.0. The maximum absolute atomic E-state index is 12.1. The molecule has 0 unspecified atom stereocenters. The van der Waals surface area contributed by atoms with E-state index in [2.05, 4.69) is 5.32 Å². The van der Waals surface area contributed by atoms with E-state index in [-0.39, 0.29) is 23.6 Å². The normalized spacial score (nSPS) is 10.3. The van der Waals surface area contributed by atoms with Crippen LogP contribution in [-0.2, 0) is 11.3 Å². The summed E-state index contributed by atoms with van der Waals surface area (Å²) in [5, 5.41) is 21.1. The number of benzene rings is 2. The maximum atomic E-state index is 12.1. The van der Waals surface area contributed by atoms with E-state index in [1.54, 1.807) is 30.3 Å². The molecule has 0 fully saturated rings. The Morgan fingerprint density at radius 1 is 1.12 bits per heavy atom. The molecule has 1 amide bonds. The van der Waals surface area contributed by atoms with Gasteiger partial charge in [-0.1, -0.05) is 18.2 Å². The van der Waals surface area contributed by atoms with Crippen LogP contribution in [0.2, 0.25) is 0 Å². The third-order valence-electron chi connectivity index (χ3n) is 3.58. The second-order valence-electron chi connectivity index (χ2n) is 5.69. The lowest BCUT2D eigenvalue weighted by Gasteiger charge is -2.09. The van der Waals surface area contributed by atoms with Crippen LogP contribution in [0.1, 0.15) is 34.3 Å². The zero-order chi connectivity index (χ0) is 18.2. The predicted molar refractivity (Wildman–Crippen MR) is 92.8 cm³/mol. The second-order valence-corrected chi connectivity index (χ2v) is 5.69. The van der Waals surface area contributed by atoms with Crippen LogP contribution in [-0.4, -0.2) is 28.7 Å². The van der Waals surface area contributed by atoms with Crippen LogP contribution in [0, 0.1) is 6.92 Å². The lowest BCUT2D eigenvalue weighted by molar-refractivity contribution is -0.137. The highest BCUT2D eigenvalue weighted by atomic mass is 16.5. The van der Waals surface area contributed by atoms with Crippen molar-refractivity contribution in [3.8, 4) is 11.5 Å². The number of aromatic hydroxyl groups is 1. The molecule has 0 aromatic heterocycles. The van der Waals surface area contributed by atoms with Gasteiger partial charge in [-0.25, -0.2) is 0 Å². The molecular formula is C19H21NO5. The van der Waals surface area contributed by atoms with Gasteiger partial charge < -0.3 is 20.3 Å². The number of hydrogen-bond donors (Lipinski definition) is 3. The van der Waals surface area contributed by atoms with E-state index in [9.17, 15) is 14.7 Å². The summed E-state index contributed by atoms with van der Waals surface area (Å²) in [6, 6.07) is 12.1. The van der Waals surface area contributed by atoms with E-state index in [0.717, 1.165) is 11.1 Å². The number of carbonyl (C=O) groups excluding carboxylic acids is 1. The molecule has 0 aliphatic heterocycles. The van der Waals surface area contributed by atoms with E-state index in [0.29, 0.717) is 25.3 Å². The summed E-state index contributed by atoms with van der Waals surface area (Å²) in [6.45, 7) is 2.51.